The van der Waals surface area contributed by atoms with E-state index in [2.05, 4.69) is 31.1 Å². The molecule has 2 rings (SSSR count). The first-order chi connectivity index (χ1) is 13.7. The maximum Gasteiger partial charge on any atom is 0.276 e. The molecule has 1 atom stereocenters. The van der Waals surface area contributed by atoms with Crippen LogP contribution in [0.3, 0.4) is 0 Å². The van der Waals surface area contributed by atoms with Crippen molar-refractivity contribution in [1.82, 2.24) is 10.3 Å². The molecule has 4 heteroatoms. The SMILES string of the molecule is CCCCCNC1=C(CCCCC)C(CCCCC)N(c2ccccn2)C1=O. The van der Waals surface area contributed by atoms with Crippen LogP contribution in [0.4, 0.5) is 5.82 Å². The van der Waals surface area contributed by atoms with E-state index in [9.17, 15) is 4.79 Å². The molecule has 1 aliphatic rings. The molecule has 4 nitrogen and oxygen atoms in total. The van der Waals surface area contributed by atoms with Crippen LogP contribution in [0.1, 0.15) is 91.4 Å². The summed E-state index contributed by atoms with van der Waals surface area (Å²) < 4.78 is 0. The Kier molecular flexibility index (Phi) is 10.1. The van der Waals surface area contributed by atoms with Gasteiger partial charge in [0.2, 0.25) is 0 Å². The van der Waals surface area contributed by atoms with Crippen LogP contribution in [0, 0.1) is 0 Å². The van der Waals surface area contributed by atoms with Crippen molar-refractivity contribution in [2.24, 2.45) is 0 Å². The monoisotopic (exact) mass is 385 g/mol. The van der Waals surface area contributed by atoms with E-state index >= 15 is 0 Å². The number of unbranched alkanes of at least 4 members (excludes halogenated alkanes) is 6. The highest BCUT2D eigenvalue weighted by Gasteiger charge is 2.39. The standard InChI is InChI=1S/C24H39N3O/c1-4-7-10-15-20-21(16-11-8-5-2)27(22-17-12-14-18-25-22)24(28)23(20)26-19-13-9-6-3/h12,14,17-18,21,26H,4-11,13,15-16,19H2,1-3H3. The number of amides is 1. The van der Waals surface area contributed by atoms with Crippen molar-refractivity contribution >= 4 is 11.7 Å². The Hall–Kier alpha value is -1.84. The number of hydrogen-bond donors (Lipinski definition) is 1. The van der Waals surface area contributed by atoms with Gasteiger partial charge in [-0.15, -0.1) is 0 Å². The molecule has 0 saturated carbocycles. The molecule has 1 N–H and O–H groups in total. The summed E-state index contributed by atoms with van der Waals surface area (Å²) in [7, 11) is 0. The van der Waals surface area contributed by atoms with E-state index in [-0.39, 0.29) is 11.9 Å². The predicted octanol–water partition coefficient (Wildman–Crippen LogP) is 5.99. The molecule has 0 aromatic carbocycles. The van der Waals surface area contributed by atoms with Gasteiger partial charge in [-0.3, -0.25) is 9.69 Å². The summed E-state index contributed by atoms with van der Waals surface area (Å²) in [6.07, 6.45) is 14.4. The third-order valence-corrected chi connectivity index (χ3v) is 5.58. The molecule has 28 heavy (non-hydrogen) atoms. The highest BCUT2D eigenvalue weighted by molar-refractivity contribution is 6.09. The molecule has 156 valence electrons. The molecule has 0 fully saturated rings. The van der Waals surface area contributed by atoms with Crippen molar-refractivity contribution in [3.8, 4) is 0 Å². The molecule has 1 aliphatic heterocycles. The maximum atomic E-state index is 13.4. The molecule has 1 unspecified atom stereocenters. The van der Waals surface area contributed by atoms with E-state index in [0.29, 0.717) is 0 Å². The number of carbonyl (C=O) groups excluding carboxylic acids is 1. The molecule has 0 radical (unpaired) electrons. The highest BCUT2D eigenvalue weighted by atomic mass is 16.2. The Morgan fingerprint density at radius 1 is 0.964 bits per heavy atom. The second-order valence-electron chi connectivity index (χ2n) is 7.87. The minimum absolute atomic E-state index is 0.114. The lowest BCUT2D eigenvalue weighted by atomic mass is 9.96. The lowest BCUT2D eigenvalue weighted by Crippen LogP contribution is -2.37. The Labute approximate surface area is 171 Å². The fourth-order valence-corrected chi connectivity index (χ4v) is 4.01. The number of anilines is 1. The fourth-order valence-electron chi connectivity index (χ4n) is 4.01. The van der Waals surface area contributed by atoms with E-state index in [1.807, 2.05) is 23.1 Å². The van der Waals surface area contributed by atoms with Gasteiger partial charge in [0.25, 0.3) is 5.91 Å². The summed E-state index contributed by atoms with van der Waals surface area (Å²) in [6, 6.07) is 6.01. The van der Waals surface area contributed by atoms with E-state index in [4.69, 9.17) is 0 Å². The number of aromatic nitrogens is 1. The minimum atomic E-state index is 0.114. The van der Waals surface area contributed by atoms with Gasteiger partial charge in [0.05, 0.1) is 6.04 Å². The molecular weight excluding hydrogens is 346 g/mol. The summed E-state index contributed by atoms with van der Waals surface area (Å²) in [4.78, 5) is 19.9. The van der Waals surface area contributed by atoms with Gasteiger partial charge in [-0.1, -0.05) is 71.8 Å². The minimum Gasteiger partial charge on any atom is -0.381 e. The maximum absolute atomic E-state index is 13.4. The average Bonchev–Trinajstić information content (AvgIpc) is 2.97. The summed E-state index contributed by atoms with van der Waals surface area (Å²) in [5.41, 5.74) is 2.18. The quantitative estimate of drug-likeness (QED) is 0.400. The van der Waals surface area contributed by atoms with E-state index in [1.54, 1.807) is 6.20 Å². The Morgan fingerprint density at radius 3 is 2.36 bits per heavy atom. The fraction of sp³-hybridized carbons (Fsp3) is 0.667. The number of hydrogen-bond acceptors (Lipinski definition) is 3. The van der Waals surface area contributed by atoms with Gasteiger partial charge in [0.1, 0.15) is 11.5 Å². The van der Waals surface area contributed by atoms with E-state index in [0.717, 1.165) is 50.2 Å². The van der Waals surface area contributed by atoms with Gasteiger partial charge in [-0.2, -0.15) is 0 Å². The molecule has 0 spiro atoms. The van der Waals surface area contributed by atoms with Gasteiger partial charge < -0.3 is 5.32 Å². The number of pyridine rings is 1. The topological polar surface area (TPSA) is 45.2 Å². The van der Waals surface area contributed by atoms with Crippen molar-refractivity contribution in [3.05, 3.63) is 35.7 Å². The molecule has 1 amide bonds. The largest absolute Gasteiger partial charge is 0.381 e. The lowest BCUT2D eigenvalue weighted by molar-refractivity contribution is -0.115. The van der Waals surface area contributed by atoms with E-state index in [1.165, 1.54) is 44.1 Å². The Balaban J connectivity index is 2.27. The normalized spacial score (nSPS) is 16.9. The van der Waals surface area contributed by atoms with Crippen molar-refractivity contribution < 1.29 is 4.79 Å². The van der Waals surface area contributed by atoms with Gasteiger partial charge in [-0.05, 0) is 43.4 Å². The number of nitrogens with zero attached hydrogens (tertiary/aromatic N) is 2. The van der Waals surface area contributed by atoms with Gasteiger partial charge in [0.15, 0.2) is 0 Å². The average molecular weight is 386 g/mol. The van der Waals surface area contributed by atoms with Crippen LogP contribution in [0.25, 0.3) is 0 Å². The van der Waals surface area contributed by atoms with Gasteiger partial charge in [-0.25, -0.2) is 4.98 Å². The predicted molar refractivity (Wildman–Crippen MR) is 118 cm³/mol. The van der Waals surface area contributed by atoms with Crippen LogP contribution >= 0.6 is 0 Å². The van der Waals surface area contributed by atoms with Crippen LogP contribution in [-0.4, -0.2) is 23.5 Å². The van der Waals surface area contributed by atoms with Crippen molar-refractivity contribution in [2.75, 3.05) is 11.4 Å². The molecule has 2 heterocycles. The molecule has 0 saturated heterocycles. The highest BCUT2D eigenvalue weighted by Crippen LogP contribution is 2.35. The zero-order valence-corrected chi connectivity index (χ0v) is 18.2. The summed E-state index contributed by atoms with van der Waals surface area (Å²) in [6.45, 7) is 7.55. The molecular formula is C24H39N3O. The third kappa shape index (κ3) is 6.08. The van der Waals surface area contributed by atoms with Crippen LogP contribution in [0.2, 0.25) is 0 Å². The lowest BCUT2D eigenvalue weighted by Gasteiger charge is -2.26. The molecule has 1 aromatic heterocycles. The van der Waals surface area contributed by atoms with E-state index < -0.39 is 0 Å². The van der Waals surface area contributed by atoms with Gasteiger partial charge >= 0.3 is 0 Å². The zero-order valence-electron chi connectivity index (χ0n) is 18.2. The first-order valence-corrected chi connectivity index (χ1v) is 11.5. The van der Waals surface area contributed by atoms with Crippen LogP contribution in [-0.2, 0) is 4.79 Å². The van der Waals surface area contributed by atoms with Gasteiger partial charge in [0, 0.05) is 12.7 Å². The molecule has 0 bridgehead atoms. The van der Waals surface area contributed by atoms with Crippen molar-refractivity contribution in [3.63, 3.8) is 0 Å². The van der Waals surface area contributed by atoms with Crippen LogP contribution < -0.4 is 10.2 Å². The summed E-state index contributed by atoms with van der Waals surface area (Å²) in [5, 5.41) is 3.52. The zero-order chi connectivity index (χ0) is 20.2. The summed E-state index contributed by atoms with van der Waals surface area (Å²) in [5.74, 6) is 0.899. The second kappa shape index (κ2) is 12.6. The third-order valence-electron chi connectivity index (χ3n) is 5.58. The second-order valence-corrected chi connectivity index (χ2v) is 7.87. The first-order valence-electron chi connectivity index (χ1n) is 11.5. The number of carbonyl (C=O) groups is 1. The number of rotatable bonds is 14. The Morgan fingerprint density at radius 2 is 1.68 bits per heavy atom. The Bertz CT molecular complexity index is 612. The first kappa shape index (κ1) is 22.4. The summed E-state index contributed by atoms with van der Waals surface area (Å²) >= 11 is 0. The smallest absolute Gasteiger partial charge is 0.276 e. The number of nitrogens with one attached hydrogen (secondary N) is 1. The van der Waals surface area contributed by atoms with Crippen LogP contribution in [0.5, 0.6) is 0 Å². The van der Waals surface area contributed by atoms with Crippen molar-refractivity contribution in [1.29, 1.82) is 0 Å². The molecule has 1 aromatic rings. The van der Waals surface area contributed by atoms with Crippen LogP contribution in [0.15, 0.2) is 35.7 Å². The molecule has 0 aliphatic carbocycles. The van der Waals surface area contributed by atoms with Crippen molar-refractivity contribution in [2.45, 2.75) is 97.4 Å².